The van der Waals surface area contributed by atoms with Crippen LogP contribution in [0.2, 0.25) is 0 Å². The van der Waals surface area contributed by atoms with Gasteiger partial charge in [-0.25, -0.2) is 0 Å². The van der Waals surface area contributed by atoms with Crippen molar-refractivity contribution in [1.29, 1.82) is 0 Å². The van der Waals surface area contributed by atoms with Crippen molar-refractivity contribution in [3.8, 4) is 0 Å². The molecule has 1 nitrogen and oxygen atoms in total. The first-order chi connectivity index (χ1) is 12.8. The molecule has 0 aromatic carbocycles. The molecule has 3 saturated carbocycles. The molecule has 0 radical (unpaired) electrons. The van der Waals surface area contributed by atoms with Gasteiger partial charge in [0.2, 0.25) is 0 Å². The summed E-state index contributed by atoms with van der Waals surface area (Å²) < 4.78 is 0. The first-order valence-electron chi connectivity index (χ1n) is 12.2. The monoisotopic (exact) mass is 371 g/mol. The van der Waals surface area contributed by atoms with E-state index in [1.165, 1.54) is 51.4 Å². The summed E-state index contributed by atoms with van der Waals surface area (Å²) in [6, 6.07) is 0.688. The zero-order valence-corrected chi connectivity index (χ0v) is 19.0. The lowest BCUT2D eigenvalue weighted by Gasteiger charge is -2.59. The molecule has 0 bridgehead atoms. The van der Waals surface area contributed by atoms with E-state index in [2.05, 4.69) is 52.9 Å². The highest BCUT2D eigenvalue weighted by Crippen LogP contribution is 2.67. The van der Waals surface area contributed by atoms with E-state index in [0.29, 0.717) is 16.9 Å². The number of nitrogens with one attached hydrogen (secondary N) is 1. The third kappa shape index (κ3) is 3.06. The van der Waals surface area contributed by atoms with Gasteiger partial charge in [-0.3, -0.25) is 0 Å². The van der Waals surface area contributed by atoms with Crippen LogP contribution in [0.5, 0.6) is 0 Å². The molecule has 0 spiro atoms. The van der Waals surface area contributed by atoms with E-state index >= 15 is 0 Å². The normalized spacial score (nSPS) is 47.8. The Kier molecular flexibility index (Phi) is 5.32. The highest BCUT2D eigenvalue weighted by molar-refractivity contribution is 5.25. The van der Waals surface area contributed by atoms with Crippen LogP contribution in [0.1, 0.15) is 92.9 Å². The van der Waals surface area contributed by atoms with Crippen LogP contribution < -0.4 is 5.32 Å². The van der Waals surface area contributed by atoms with Gasteiger partial charge in [0.15, 0.2) is 0 Å². The molecular weight excluding hydrogens is 326 g/mol. The highest BCUT2D eigenvalue weighted by Gasteiger charge is 2.59. The molecule has 3 fully saturated rings. The molecule has 154 valence electrons. The molecule has 0 heterocycles. The van der Waals surface area contributed by atoms with Gasteiger partial charge < -0.3 is 5.32 Å². The van der Waals surface area contributed by atoms with Crippen molar-refractivity contribution in [3.63, 3.8) is 0 Å². The van der Waals surface area contributed by atoms with Gasteiger partial charge >= 0.3 is 0 Å². The minimum absolute atomic E-state index is 0.529. The van der Waals surface area contributed by atoms with Crippen LogP contribution in [-0.4, -0.2) is 12.6 Å². The van der Waals surface area contributed by atoms with Crippen LogP contribution in [-0.2, 0) is 0 Å². The van der Waals surface area contributed by atoms with E-state index in [1.54, 1.807) is 0 Å². The van der Waals surface area contributed by atoms with Gasteiger partial charge in [0.25, 0.3) is 0 Å². The van der Waals surface area contributed by atoms with Gasteiger partial charge in [0.1, 0.15) is 0 Å². The van der Waals surface area contributed by atoms with Gasteiger partial charge in [-0.2, -0.15) is 0 Å². The summed E-state index contributed by atoms with van der Waals surface area (Å²) in [4.78, 5) is 0. The van der Waals surface area contributed by atoms with Gasteiger partial charge in [-0.05, 0) is 111 Å². The molecule has 27 heavy (non-hydrogen) atoms. The zero-order valence-electron chi connectivity index (χ0n) is 19.0. The zero-order chi connectivity index (χ0) is 19.4. The number of rotatable bonds is 4. The Bertz CT molecular complexity index is 577. The fourth-order valence-electron chi connectivity index (χ4n) is 8.58. The maximum absolute atomic E-state index is 3.77. The molecule has 4 aliphatic rings. The molecule has 0 aromatic rings. The van der Waals surface area contributed by atoms with Crippen LogP contribution >= 0.6 is 0 Å². The second-order valence-corrected chi connectivity index (χ2v) is 11.6. The average Bonchev–Trinajstić information content (AvgIpc) is 2.98. The molecule has 0 amide bonds. The van der Waals surface area contributed by atoms with Gasteiger partial charge in [0.05, 0.1) is 0 Å². The second kappa shape index (κ2) is 7.19. The molecule has 0 aliphatic heterocycles. The summed E-state index contributed by atoms with van der Waals surface area (Å²) in [5.74, 6) is 5.58. The summed E-state index contributed by atoms with van der Waals surface area (Å²) in [6.07, 6.45) is 14.4. The van der Waals surface area contributed by atoms with E-state index in [0.717, 1.165) is 42.1 Å². The fourth-order valence-corrected chi connectivity index (χ4v) is 8.58. The van der Waals surface area contributed by atoms with Gasteiger partial charge in [-0.1, -0.05) is 46.3 Å². The Balaban J connectivity index is 1.57. The van der Waals surface area contributed by atoms with Crippen molar-refractivity contribution >= 4 is 0 Å². The minimum Gasteiger partial charge on any atom is -0.314 e. The van der Waals surface area contributed by atoms with Crippen molar-refractivity contribution in [3.05, 3.63) is 11.6 Å². The van der Waals surface area contributed by atoms with Crippen LogP contribution in [0.25, 0.3) is 0 Å². The van der Waals surface area contributed by atoms with Crippen molar-refractivity contribution in [2.45, 2.75) is 99.0 Å². The summed E-state index contributed by atoms with van der Waals surface area (Å²) in [7, 11) is 0. The lowest BCUT2D eigenvalue weighted by Crippen LogP contribution is -2.52. The lowest BCUT2D eigenvalue weighted by molar-refractivity contribution is -0.0497. The molecule has 0 saturated heterocycles. The standard InChI is InChI=1S/C26H45N/c1-7-27-18(4)22-10-11-23-21-9-8-20-16-19(17(2)3)12-14-25(20,5)24(21)13-15-26(22,23)6/h8,17-19,21-24,27H,7,9-16H2,1-6H3. The molecule has 4 rings (SSSR count). The molecular formula is C26H45N. The molecule has 1 N–H and O–H groups in total. The summed E-state index contributed by atoms with van der Waals surface area (Å²) >= 11 is 0. The second-order valence-electron chi connectivity index (χ2n) is 11.6. The molecule has 8 atom stereocenters. The Morgan fingerprint density at radius 2 is 1.81 bits per heavy atom. The van der Waals surface area contributed by atoms with Crippen LogP contribution in [0.3, 0.4) is 0 Å². The Hall–Kier alpha value is -0.300. The van der Waals surface area contributed by atoms with E-state index < -0.39 is 0 Å². The minimum atomic E-state index is 0.529. The van der Waals surface area contributed by atoms with Crippen molar-refractivity contribution < 1.29 is 0 Å². The van der Waals surface area contributed by atoms with E-state index in [4.69, 9.17) is 0 Å². The van der Waals surface area contributed by atoms with E-state index in [9.17, 15) is 0 Å². The average molecular weight is 372 g/mol. The molecule has 0 aromatic heterocycles. The fraction of sp³-hybridized carbons (Fsp3) is 0.923. The maximum Gasteiger partial charge on any atom is 0.00721 e. The van der Waals surface area contributed by atoms with E-state index in [1.807, 2.05) is 5.57 Å². The van der Waals surface area contributed by atoms with E-state index in [-0.39, 0.29) is 0 Å². The third-order valence-electron chi connectivity index (χ3n) is 10.3. The Morgan fingerprint density at radius 1 is 1.04 bits per heavy atom. The summed E-state index contributed by atoms with van der Waals surface area (Å²) in [6.45, 7) is 16.1. The molecule has 1 heteroatoms. The Morgan fingerprint density at radius 3 is 2.52 bits per heavy atom. The lowest BCUT2D eigenvalue weighted by atomic mass is 9.46. The number of hydrogen-bond donors (Lipinski definition) is 1. The van der Waals surface area contributed by atoms with Crippen molar-refractivity contribution in [2.75, 3.05) is 6.54 Å². The number of allylic oxidation sites excluding steroid dienone is 2. The number of hydrogen-bond acceptors (Lipinski definition) is 1. The molecule has 4 aliphatic carbocycles. The maximum atomic E-state index is 3.77. The van der Waals surface area contributed by atoms with Crippen LogP contribution in [0, 0.1) is 46.3 Å². The quantitative estimate of drug-likeness (QED) is 0.534. The van der Waals surface area contributed by atoms with Gasteiger partial charge in [-0.15, -0.1) is 0 Å². The van der Waals surface area contributed by atoms with Crippen molar-refractivity contribution in [1.82, 2.24) is 5.32 Å². The first-order valence-corrected chi connectivity index (χ1v) is 12.2. The summed E-state index contributed by atoms with van der Waals surface area (Å²) in [5, 5.41) is 3.77. The Labute approximate surface area is 169 Å². The third-order valence-corrected chi connectivity index (χ3v) is 10.3. The first kappa shape index (κ1) is 20.0. The SMILES string of the molecule is CCNC(C)C1CCC2C3CC=C4CC(C(C)C)CCC4(C)C3CCC12C. The van der Waals surface area contributed by atoms with Crippen molar-refractivity contribution in [2.24, 2.45) is 46.3 Å². The highest BCUT2D eigenvalue weighted by atomic mass is 14.9. The smallest absolute Gasteiger partial charge is 0.00721 e. The number of fused-ring (bicyclic) bond motifs is 5. The molecule has 8 unspecified atom stereocenters. The van der Waals surface area contributed by atoms with Gasteiger partial charge in [0, 0.05) is 6.04 Å². The van der Waals surface area contributed by atoms with Crippen LogP contribution in [0.4, 0.5) is 0 Å². The summed E-state index contributed by atoms with van der Waals surface area (Å²) in [5.41, 5.74) is 2.98. The topological polar surface area (TPSA) is 12.0 Å². The van der Waals surface area contributed by atoms with Crippen LogP contribution in [0.15, 0.2) is 11.6 Å². The largest absolute Gasteiger partial charge is 0.314 e. The predicted octanol–water partition coefficient (Wildman–Crippen LogP) is 6.84. The predicted molar refractivity (Wildman–Crippen MR) is 117 cm³/mol.